The summed E-state index contributed by atoms with van der Waals surface area (Å²) in [6.45, 7) is 1.83. The lowest BCUT2D eigenvalue weighted by atomic mass is 10.2. The van der Waals surface area contributed by atoms with E-state index in [1.54, 1.807) is 18.2 Å². The molecule has 0 saturated carbocycles. The van der Waals surface area contributed by atoms with Crippen LogP contribution in [0.15, 0.2) is 41.6 Å². The number of halogens is 2. The van der Waals surface area contributed by atoms with Crippen LogP contribution >= 0.6 is 23.2 Å². The molecule has 6 nitrogen and oxygen atoms in total. The van der Waals surface area contributed by atoms with Gasteiger partial charge in [0.1, 0.15) is 6.33 Å². The summed E-state index contributed by atoms with van der Waals surface area (Å²) in [7, 11) is 0. The molecule has 23 heavy (non-hydrogen) atoms. The van der Waals surface area contributed by atoms with Crippen LogP contribution in [0.1, 0.15) is 5.69 Å². The highest BCUT2D eigenvalue weighted by atomic mass is 35.5. The van der Waals surface area contributed by atoms with Crippen LogP contribution in [0, 0.1) is 6.92 Å². The molecule has 114 valence electrons. The van der Waals surface area contributed by atoms with Crippen molar-refractivity contribution in [3.8, 4) is 5.69 Å². The van der Waals surface area contributed by atoms with E-state index in [2.05, 4.69) is 15.1 Å². The number of nitrogens with zero attached hydrogens (tertiary/aromatic N) is 5. The van der Waals surface area contributed by atoms with Gasteiger partial charge in [-0.2, -0.15) is 14.6 Å². The van der Waals surface area contributed by atoms with E-state index in [1.807, 2.05) is 13.0 Å². The van der Waals surface area contributed by atoms with Crippen LogP contribution in [-0.2, 0) is 0 Å². The van der Waals surface area contributed by atoms with Crippen molar-refractivity contribution in [1.82, 2.24) is 24.1 Å². The number of benzene rings is 1. The van der Waals surface area contributed by atoms with E-state index in [-0.39, 0.29) is 5.56 Å². The molecule has 0 unspecified atom stereocenters. The molecule has 4 aromatic rings. The van der Waals surface area contributed by atoms with E-state index in [0.717, 1.165) is 5.69 Å². The van der Waals surface area contributed by atoms with Gasteiger partial charge in [-0.25, -0.2) is 4.98 Å². The molecule has 0 amide bonds. The summed E-state index contributed by atoms with van der Waals surface area (Å²) in [4.78, 5) is 21.1. The van der Waals surface area contributed by atoms with E-state index < -0.39 is 0 Å². The summed E-state index contributed by atoms with van der Waals surface area (Å²) in [5.74, 6) is 0.443. The summed E-state index contributed by atoms with van der Waals surface area (Å²) < 4.78 is 3.07. The minimum Gasteiger partial charge on any atom is -0.279 e. The number of aromatic nitrogens is 5. The highest BCUT2D eigenvalue weighted by Crippen LogP contribution is 2.25. The quantitative estimate of drug-likeness (QED) is 0.531. The Balaban J connectivity index is 2.12. The van der Waals surface area contributed by atoms with Crippen LogP contribution in [0.25, 0.3) is 22.4 Å². The van der Waals surface area contributed by atoms with Crippen LogP contribution in [0.4, 0.5) is 0 Å². The molecule has 0 bridgehead atoms. The molecule has 3 heterocycles. The number of fused-ring (bicyclic) bond motifs is 3. The van der Waals surface area contributed by atoms with E-state index in [4.69, 9.17) is 23.2 Å². The third kappa shape index (κ3) is 2.10. The largest absolute Gasteiger partial charge is 0.279 e. The van der Waals surface area contributed by atoms with Crippen LogP contribution < -0.4 is 5.56 Å². The average Bonchev–Trinajstić information content (AvgIpc) is 2.98. The molecule has 8 heteroatoms. The molecule has 0 atom stereocenters. The molecule has 0 aliphatic carbocycles. The normalized spacial score (nSPS) is 11.4. The molecule has 0 aliphatic rings. The fraction of sp³-hybridized carbons (Fsp3) is 0.0667. The van der Waals surface area contributed by atoms with E-state index in [1.165, 1.54) is 21.6 Å². The maximum atomic E-state index is 12.9. The highest BCUT2D eigenvalue weighted by Gasteiger charge is 2.14. The second-order valence-corrected chi connectivity index (χ2v) is 5.89. The first-order chi connectivity index (χ1) is 11.1. The summed E-state index contributed by atoms with van der Waals surface area (Å²) in [5, 5.41) is 5.45. The third-order valence-corrected chi connectivity index (χ3v) is 4.16. The second-order valence-electron chi connectivity index (χ2n) is 5.05. The van der Waals surface area contributed by atoms with Gasteiger partial charge in [0.25, 0.3) is 11.3 Å². The Kier molecular flexibility index (Phi) is 3.11. The minimum absolute atomic E-state index is 0.228. The maximum Gasteiger partial charge on any atom is 0.266 e. The summed E-state index contributed by atoms with van der Waals surface area (Å²) in [6, 6.07) is 6.86. The Morgan fingerprint density at radius 2 is 1.96 bits per heavy atom. The molecule has 0 fully saturated rings. The molecule has 0 spiro atoms. The number of aryl methyl sites for hydroxylation is 1. The van der Waals surface area contributed by atoms with E-state index in [0.29, 0.717) is 32.4 Å². The van der Waals surface area contributed by atoms with Gasteiger partial charge in [-0.1, -0.05) is 23.2 Å². The van der Waals surface area contributed by atoms with Crippen LogP contribution in [0.5, 0.6) is 0 Å². The molecule has 4 rings (SSSR count). The van der Waals surface area contributed by atoms with Gasteiger partial charge >= 0.3 is 0 Å². The van der Waals surface area contributed by atoms with Crippen molar-refractivity contribution in [2.45, 2.75) is 6.92 Å². The monoisotopic (exact) mass is 345 g/mol. The van der Waals surface area contributed by atoms with Crippen molar-refractivity contribution in [3.05, 3.63) is 62.9 Å². The molecule has 1 aromatic carbocycles. The zero-order valence-electron chi connectivity index (χ0n) is 11.9. The molecule has 0 aliphatic heterocycles. The highest BCUT2D eigenvalue weighted by molar-refractivity contribution is 6.35. The SMILES string of the molecule is Cc1cc2c(cnc3ncnn32)c(=O)n1-c1ccc(Cl)cc1Cl. The summed E-state index contributed by atoms with van der Waals surface area (Å²) >= 11 is 12.2. The van der Waals surface area contributed by atoms with Crippen molar-refractivity contribution in [2.75, 3.05) is 0 Å². The number of hydrogen-bond acceptors (Lipinski definition) is 4. The van der Waals surface area contributed by atoms with Gasteiger partial charge in [0.2, 0.25) is 0 Å². The van der Waals surface area contributed by atoms with Crippen molar-refractivity contribution in [3.63, 3.8) is 0 Å². The number of hydrogen-bond donors (Lipinski definition) is 0. The van der Waals surface area contributed by atoms with Gasteiger partial charge in [-0.05, 0) is 31.2 Å². The first-order valence-corrected chi connectivity index (χ1v) is 7.48. The fourth-order valence-corrected chi connectivity index (χ4v) is 3.10. The zero-order chi connectivity index (χ0) is 16.1. The minimum atomic E-state index is -0.228. The Labute approximate surface area is 139 Å². The number of rotatable bonds is 1. The molecular formula is C15H9Cl2N5O. The molecule has 0 N–H and O–H groups in total. The Morgan fingerprint density at radius 3 is 2.74 bits per heavy atom. The van der Waals surface area contributed by atoms with Crippen molar-refractivity contribution >= 4 is 39.9 Å². The Morgan fingerprint density at radius 1 is 1.13 bits per heavy atom. The second kappa shape index (κ2) is 5.04. The molecule has 3 aromatic heterocycles. The van der Waals surface area contributed by atoms with Crippen LogP contribution in [-0.4, -0.2) is 24.1 Å². The zero-order valence-corrected chi connectivity index (χ0v) is 13.4. The van der Waals surface area contributed by atoms with Crippen molar-refractivity contribution in [1.29, 1.82) is 0 Å². The fourth-order valence-electron chi connectivity index (χ4n) is 2.60. The predicted octanol–water partition coefficient (Wildman–Crippen LogP) is 3.04. The Bertz CT molecular complexity index is 1130. The van der Waals surface area contributed by atoms with E-state index >= 15 is 0 Å². The smallest absolute Gasteiger partial charge is 0.266 e. The Hall–Kier alpha value is -2.44. The molecule has 0 radical (unpaired) electrons. The lowest BCUT2D eigenvalue weighted by molar-refractivity contribution is 0.926. The standard InChI is InChI=1S/C15H9Cl2N5O/c1-8-4-13-10(6-18-15-19-7-20-22(13)15)14(23)21(8)12-3-2-9(16)5-11(12)17/h2-7H,1H3. The van der Waals surface area contributed by atoms with Crippen molar-refractivity contribution in [2.24, 2.45) is 0 Å². The predicted molar refractivity (Wildman–Crippen MR) is 88.6 cm³/mol. The van der Waals surface area contributed by atoms with Gasteiger partial charge in [-0.3, -0.25) is 9.36 Å². The maximum absolute atomic E-state index is 12.9. The topological polar surface area (TPSA) is 65.1 Å². The van der Waals surface area contributed by atoms with Crippen LogP contribution in [0.2, 0.25) is 10.0 Å². The summed E-state index contributed by atoms with van der Waals surface area (Å²) in [5.41, 5.74) is 1.71. The lowest BCUT2D eigenvalue weighted by Gasteiger charge is -2.13. The van der Waals surface area contributed by atoms with Gasteiger partial charge < -0.3 is 0 Å². The lowest BCUT2D eigenvalue weighted by Crippen LogP contribution is -2.22. The number of pyridine rings is 1. The van der Waals surface area contributed by atoms with Gasteiger partial charge in [-0.15, -0.1) is 0 Å². The van der Waals surface area contributed by atoms with Gasteiger partial charge in [0.05, 0.1) is 21.6 Å². The first kappa shape index (κ1) is 14.2. The van der Waals surface area contributed by atoms with Crippen molar-refractivity contribution < 1.29 is 0 Å². The van der Waals surface area contributed by atoms with Gasteiger partial charge in [0, 0.05) is 16.9 Å². The first-order valence-electron chi connectivity index (χ1n) is 6.73. The van der Waals surface area contributed by atoms with Gasteiger partial charge in [0.15, 0.2) is 0 Å². The molecule has 0 saturated heterocycles. The summed E-state index contributed by atoms with van der Waals surface area (Å²) in [6.07, 6.45) is 2.90. The average molecular weight is 346 g/mol. The van der Waals surface area contributed by atoms with Crippen LogP contribution in [0.3, 0.4) is 0 Å². The molecular weight excluding hydrogens is 337 g/mol. The third-order valence-electron chi connectivity index (χ3n) is 3.63. The van der Waals surface area contributed by atoms with E-state index in [9.17, 15) is 4.79 Å².